The van der Waals surface area contributed by atoms with Crippen molar-refractivity contribution < 1.29 is 14.7 Å². The molecule has 0 saturated heterocycles. The zero-order valence-electron chi connectivity index (χ0n) is 15.9. The molecule has 142 valence electrons. The van der Waals surface area contributed by atoms with Crippen molar-refractivity contribution in [3.8, 4) is 0 Å². The number of benzene rings is 2. The van der Waals surface area contributed by atoms with Crippen LogP contribution in [0.3, 0.4) is 0 Å². The molecule has 0 fully saturated rings. The van der Waals surface area contributed by atoms with E-state index in [0.29, 0.717) is 12.3 Å². The highest BCUT2D eigenvalue weighted by Gasteiger charge is 2.60. The van der Waals surface area contributed by atoms with Crippen LogP contribution in [0.15, 0.2) is 60.7 Å². The van der Waals surface area contributed by atoms with Gasteiger partial charge in [-0.1, -0.05) is 100 Å². The second-order valence-corrected chi connectivity index (χ2v) is 9.41. The van der Waals surface area contributed by atoms with Crippen LogP contribution in [-0.4, -0.2) is 14.7 Å². The van der Waals surface area contributed by atoms with Gasteiger partial charge in [0.15, 0.2) is 0 Å². The fraction of sp³-hybridized carbons (Fsp3) is 0.455. The molecule has 0 bridgehead atoms. The van der Waals surface area contributed by atoms with Crippen LogP contribution in [0, 0.1) is 5.92 Å². The average Bonchev–Trinajstić information content (AvgIpc) is 2.61. The number of rotatable bonds is 10. The lowest BCUT2D eigenvalue weighted by Gasteiger charge is -2.33. The third-order valence-corrected chi connectivity index (χ3v) is 6.85. The van der Waals surface area contributed by atoms with E-state index in [1.807, 2.05) is 60.7 Å². The van der Waals surface area contributed by atoms with E-state index in [2.05, 4.69) is 13.8 Å². The van der Waals surface area contributed by atoms with Gasteiger partial charge in [-0.3, -0.25) is 0 Å². The van der Waals surface area contributed by atoms with Crippen LogP contribution in [0.2, 0.25) is 0 Å². The Hall–Kier alpha value is -1.25. The minimum Gasteiger partial charge on any atom is -0.192 e. The first kappa shape index (κ1) is 21.1. The second kappa shape index (κ2) is 9.62. The molecule has 0 aliphatic carbocycles. The Morgan fingerprint density at radius 2 is 1.19 bits per heavy atom. The monoisotopic (exact) mass is 375 g/mol. The molecule has 3 nitrogen and oxygen atoms in total. The van der Waals surface area contributed by atoms with E-state index in [1.54, 1.807) is 0 Å². The van der Waals surface area contributed by atoms with Gasteiger partial charge in [-0.15, -0.1) is 0 Å². The quantitative estimate of drug-likeness (QED) is 0.370. The van der Waals surface area contributed by atoms with Crippen LogP contribution in [0.25, 0.3) is 0 Å². The number of unbranched alkanes of at least 4 members (excludes halogenated alkanes) is 3. The molecule has 2 aromatic carbocycles. The summed E-state index contributed by atoms with van der Waals surface area (Å²) in [4.78, 5) is 31.6. The molecule has 0 saturated carbocycles. The van der Waals surface area contributed by atoms with E-state index in [9.17, 15) is 14.7 Å². The molecule has 0 unspecified atom stereocenters. The van der Waals surface area contributed by atoms with Crippen LogP contribution < -0.4 is 0 Å². The van der Waals surface area contributed by atoms with Gasteiger partial charge in [-0.2, -0.15) is 14.7 Å². The smallest absolute Gasteiger partial charge is 0.192 e. The van der Waals surface area contributed by atoms with Crippen LogP contribution >= 0.6 is 7.94 Å². The summed E-state index contributed by atoms with van der Waals surface area (Å²) < 4.78 is 0. The molecule has 3 N–H and O–H groups in total. The van der Waals surface area contributed by atoms with E-state index in [1.165, 1.54) is 12.8 Å². The van der Waals surface area contributed by atoms with Crippen molar-refractivity contribution in [2.24, 2.45) is 5.92 Å². The Bertz CT molecular complexity index is 596. The van der Waals surface area contributed by atoms with Crippen molar-refractivity contribution in [1.29, 1.82) is 0 Å². The first-order valence-electron chi connectivity index (χ1n) is 9.56. The zero-order valence-corrected chi connectivity index (χ0v) is 16.8. The molecule has 26 heavy (non-hydrogen) atoms. The van der Waals surface area contributed by atoms with Crippen LogP contribution in [0.4, 0.5) is 0 Å². The molecule has 0 atom stereocenters. The highest BCUT2D eigenvalue weighted by molar-refractivity contribution is 7.60. The number of hydrogen-bond donors (Lipinski definition) is 3. The summed E-state index contributed by atoms with van der Waals surface area (Å²) >= 11 is 0. The summed E-state index contributed by atoms with van der Waals surface area (Å²) in [6.07, 6.45) is 5.92. The SMILES string of the molecule is CC(C)CCCCCCC(c1ccccc1)(c1ccccc1)[P+](O)(O)O. The molecular weight excluding hydrogens is 343 g/mol. The minimum absolute atomic E-state index is 0.514. The summed E-state index contributed by atoms with van der Waals surface area (Å²) in [5.41, 5.74) is 1.52. The van der Waals surface area contributed by atoms with E-state index in [-0.39, 0.29) is 0 Å². The highest BCUT2D eigenvalue weighted by atomic mass is 31.2. The molecule has 0 spiro atoms. The topological polar surface area (TPSA) is 60.7 Å². The Balaban J connectivity index is 2.26. The van der Waals surface area contributed by atoms with Crippen LogP contribution in [0.1, 0.15) is 63.5 Å². The van der Waals surface area contributed by atoms with Gasteiger partial charge in [-0.05, 0) is 12.3 Å². The minimum atomic E-state index is -4.17. The van der Waals surface area contributed by atoms with E-state index < -0.39 is 13.1 Å². The first-order valence-corrected chi connectivity index (χ1v) is 11.2. The van der Waals surface area contributed by atoms with E-state index in [0.717, 1.165) is 30.4 Å². The first-order chi connectivity index (χ1) is 12.4. The molecule has 0 aromatic heterocycles. The van der Waals surface area contributed by atoms with Gasteiger partial charge in [0.1, 0.15) is 0 Å². The highest BCUT2D eigenvalue weighted by Crippen LogP contribution is 2.68. The van der Waals surface area contributed by atoms with Crippen molar-refractivity contribution in [3.05, 3.63) is 71.8 Å². The predicted molar refractivity (Wildman–Crippen MR) is 110 cm³/mol. The zero-order chi connectivity index (χ0) is 19.0. The third kappa shape index (κ3) is 5.14. The Morgan fingerprint density at radius 3 is 1.62 bits per heavy atom. The van der Waals surface area contributed by atoms with Crippen molar-refractivity contribution in [2.45, 2.75) is 57.5 Å². The van der Waals surface area contributed by atoms with Crippen molar-refractivity contribution >= 4 is 7.94 Å². The summed E-state index contributed by atoms with van der Waals surface area (Å²) in [5.74, 6) is 0.716. The van der Waals surface area contributed by atoms with Gasteiger partial charge in [-0.25, -0.2) is 0 Å². The van der Waals surface area contributed by atoms with Crippen molar-refractivity contribution in [3.63, 3.8) is 0 Å². The van der Waals surface area contributed by atoms with Crippen LogP contribution in [0.5, 0.6) is 0 Å². The second-order valence-electron chi connectivity index (χ2n) is 7.51. The molecule has 0 radical (unpaired) electrons. The van der Waals surface area contributed by atoms with Gasteiger partial charge in [0.2, 0.25) is 5.16 Å². The Morgan fingerprint density at radius 1 is 0.731 bits per heavy atom. The molecule has 0 aliphatic rings. The maximum absolute atomic E-state index is 10.5. The standard InChI is InChI=1S/C22H32O3P/c1-19(2)13-7-3-4-12-18-22(26(23,24)25,20-14-8-5-9-15-20)21-16-10-6-11-17-21/h5-6,8-11,14-17,19,23-25H,3-4,7,12-13,18H2,1-2H3/q+1. The van der Waals surface area contributed by atoms with Gasteiger partial charge >= 0.3 is 7.94 Å². The maximum atomic E-state index is 10.5. The maximum Gasteiger partial charge on any atom is 0.419 e. The molecule has 2 rings (SSSR count). The van der Waals surface area contributed by atoms with Gasteiger partial charge in [0.05, 0.1) is 0 Å². The lowest BCUT2D eigenvalue weighted by atomic mass is 9.85. The van der Waals surface area contributed by atoms with Gasteiger partial charge in [0.25, 0.3) is 0 Å². The van der Waals surface area contributed by atoms with Gasteiger partial charge in [0, 0.05) is 17.5 Å². The lowest BCUT2D eigenvalue weighted by molar-refractivity contribution is 0.287. The van der Waals surface area contributed by atoms with Crippen LogP contribution in [-0.2, 0) is 5.16 Å². The Labute approximate surface area is 158 Å². The Kier molecular flexibility index (Phi) is 7.79. The fourth-order valence-corrected chi connectivity index (χ4v) is 5.12. The summed E-state index contributed by atoms with van der Waals surface area (Å²) in [6.45, 7) is 4.47. The largest absolute Gasteiger partial charge is 0.419 e. The third-order valence-electron chi connectivity index (χ3n) is 5.08. The molecule has 0 heterocycles. The molecule has 4 heteroatoms. The average molecular weight is 375 g/mol. The summed E-state index contributed by atoms with van der Waals surface area (Å²) in [7, 11) is -4.17. The summed E-state index contributed by atoms with van der Waals surface area (Å²) in [5, 5.41) is -1.16. The van der Waals surface area contributed by atoms with Crippen molar-refractivity contribution in [2.75, 3.05) is 0 Å². The molecule has 0 amide bonds. The van der Waals surface area contributed by atoms with Crippen molar-refractivity contribution in [1.82, 2.24) is 0 Å². The number of hydrogen-bond acceptors (Lipinski definition) is 3. The fourth-order valence-electron chi connectivity index (χ4n) is 3.67. The normalized spacial score (nSPS) is 12.5. The lowest BCUT2D eigenvalue weighted by Crippen LogP contribution is -2.31. The van der Waals surface area contributed by atoms with Gasteiger partial charge < -0.3 is 0 Å². The molecule has 2 aromatic rings. The van der Waals surface area contributed by atoms with E-state index >= 15 is 0 Å². The van der Waals surface area contributed by atoms with E-state index in [4.69, 9.17) is 0 Å². The molecule has 0 aliphatic heterocycles. The summed E-state index contributed by atoms with van der Waals surface area (Å²) in [6, 6.07) is 18.8. The predicted octanol–water partition coefficient (Wildman–Crippen LogP) is 5.67. The molecular formula is C22H32O3P+.